The number of aryl methyl sites for hydroxylation is 1. The summed E-state index contributed by atoms with van der Waals surface area (Å²) in [6.07, 6.45) is 5.91. The Bertz CT molecular complexity index is 383. The molecule has 0 bridgehead atoms. The standard InChI is InChI=1S/C9H11N3O2S/c1-3-5-6(8(13)14)10-9-11-7(4-2)12-15-9/h1,6H,4-5H2,2H3,(H,13,14)(H,10,11,12). The highest BCUT2D eigenvalue weighted by Gasteiger charge is 2.17. The van der Waals surface area contributed by atoms with E-state index in [1.165, 1.54) is 0 Å². The van der Waals surface area contributed by atoms with Gasteiger partial charge in [-0.2, -0.15) is 4.37 Å². The smallest absolute Gasteiger partial charge is 0.327 e. The van der Waals surface area contributed by atoms with Crippen LogP contribution in [0.25, 0.3) is 0 Å². The number of carboxylic acids is 1. The van der Waals surface area contributed by atoms with Crippen LogP contribution in [0.5, 0.6) is 0 Å². The first-order chi connectivity index (χ1) is 7.17. The average Bonchev–Trinajstić information content (AvgIpc) is 2.65. The molecule has 0 saturated heterocycles. The van der Waals surface area contributed by atoms with Crippen LogP contribution in [0, 0.1) is 12.3 Å². The Morgan fingerprint density at radius 2 is 2.53 bits per heavy atom. The van der Waals surface area contributed by atoms with Crippen molar-refractivity contribution in [1.29, 1.82) is 0 Å². The third kappa shape index (κ3) is 3.22. The minimum Gasteiger partial charge on any atom is -0.480 e. The van der Waals surface area contributed by atoms with Gasteiger partial charge in [0.2, 0.25) is 5.13 Å². The highest BCUT2D eigenvalue weighted by atomic mass is 32.1. The van der Waals surface area contributed by atoms with Gasteiger partial charge in [0.15, 0.2) is 0 Å². The van der Waals surface area contributed by atoms with E-state index in [-0.39, 0.29) is 6.42 Å². The molecule has 80 valence electrons. The highest BCUT2D eigenvalue weighted by Crippen LogP contribution is 2.13. The van der Waals surface area contributed by atoms with Gasteiger partial charge in [0.1, 0.15) is 11.9 Å². The summed E-state index contributed by atoms with van der Waals surface area (Å²) in [6, 6.07) is -0.798. The molecular weight excluding hydrogens is 214 g/mol. The Morgan fingerprint density at radius 1 is 1.80 bits per heavy atom. The number of carboxylic acid groups (broad SMARTS) is 1. The van der Waals surface area contributed by atoms with Gasteiger partial charge < -0.3 is 10.4 Å². The molecule has 0 radical (unpaired) electrons. The van der Waals surface area contributed by atoms with Crippen LogP contribution < -0.4 is 5.32 Å². The first-order valence-electron chi connectivity index (χ1n) is 4.42. The van der Waals surface area contributed by atoms with Crippen LogP contribution >= 0.6 is 11.5 Å². The van der Waals surface area contributed by atoms with Crippen molar-refractivity contribution in [2.45, 2.75) is 25.8 Å². The number of anilines is 1. The number of carbonyl (C=O) groups is 1. The Kier molecular flexibility index (Phi) is 4.06. The van der Waals surface area contributed by atoms with Gasteiger partial charge in [-0.15, -0.1) is 12.3 Å². The van der Waals surface area contributed by atoms with E-state index in [4.69, 9.17) is 11.5 Å². The van der Waals surface area contributed by atoms with Gasteiger partial charge in [0, 0.05) is 24.4 Å². The van der Waals surface area contributed by atoms with Crippen molar-refractivity contribution in [3.8, 4) is 12.3 Å². The SMILES string of the molecule is C#CCC(Nc1nc(CC)ns1)C(=O)O. The second-order valence-electron chi connectivity index (χ2n) is 2.81. The molecule has 0 saturated carbocycles. The van der Waals surface area contributed by atoms with Crippen molar-refractivity contribution >= 4 is 22.6 Å². The molecule has 1 heterocycles. The summed E-state index contributed by atoms with van der Waals surface area (Å²) in [5, 5.41) is 12.1. The fourth-order valence-electron chi connectivity index (χ4n) is 0.923. The monoisotopic (exact) mass is 225 g/mol. The number of rotatable bonds is 5. The lowest BCUT2D eigenvalue weighted by Gasteiger charge is -2.08. The van der Waals surface area contributed by atoms with Crippen molar-refractivity contribution in [3.63, 3.8) is 0 Å². The number of hydrogen-bond donors (Lipinski definition) is 2. The van der Waals surface area contributed by atoms with Crippen molar-refractivity contribution in [2.75, 3.05) is 5.32 Å². The summed E-state index contributed by atoms with van der Waals surface area (Å²) in [7, 11) is 0. The number of nitrogens with one attached hydrogen (secondary N) is 1. The third-order valence-electron chi connectivity index (χ3n) is 1.70. The van der Waals surface area contributed by atoms with Crippen LogP contribution in [-0.2, 0) is 11.2 Å². The van der Waals surface area contributed by atoms with Gasteiger partial charge in [-0.1, -0.05) is 6.92 Å². The Morgan fingerprint density at radius 3 is 3.00 bits per heavy atom. The Hall–Kier alpha value is -1.61. The van der Waals surface area contributed by atoms with E-state index in [0.29, 0.717) is 11.0 Å². The molecular formula is C9H11N3O2S. The molecule has 0 aliphatic heterocycles. The van der Waals surface area contributed by atoms with E-state index < -0.39 is 12.0 Å². The molecule has 0 amide bonds. The molecule has 1 unspecified atom stereocenters. The van der Waals surface area contributed by atoms with Crippen LogP contribution in [-0.4, -0.2) is 26.5 Å². The molecule has 0 aliphatic rings. The van der Waals surface area contributed by atoms with Gasteiger partial charge in [0.25, 0.3) is 0 Å². The maximum absolute atomic E-state index is 10.8. The number of aromatic nitrogens is 2. The number of hydrogen-bond acceptors (Lipinski definition) is 5. The van der Waals surface area contributed by atoms with Crippen LogP contribution in [0.3, 0.4) is 0 Å². The van der Waals surface area contributed by atoms with E-state index in [1.54, 1.807) is 0 Å². The van der Waals surface area contributed by atoms with E-state index in [9.17, 15) is 4.79 Å². The molecule has 0 aromatic carbocycles. The van der Waals surface area contributed by atoms with Crippen molar-refractivity contribution in [2.24, 2.45) is 0 Å². The summed E-state index contributed by atoms with van der Waals surface area (Å²) in [4.78, 5) is 14.9. The summed E-state index contributed by atoms with van der Waals surface area (Å²) in [5.74, 6) is 2.02. The minimum absolute atomic E-state index is 0.121. The second-order valence-corrected chi connectivity index (χ2v) is 3.56. The van der Waals surface area contributed by atoms with Gasteiger partial charge in [-0.25, -0.2) is 9.78 Å². The van der Waals surface area contributed by atoms with Gasteiger partial charge >= 0.3 is 5.97 Å². The molecule has 15 heavy (non-hydrogen) atoms. The average molecular weight is 225 g/mol. The zero-order valence-corrected chi connectivity index (χ0v) is 9.04. The predicted molar refractivity (Wildman–Crippen MR) is 57.8 cm³/mol. The lowest BCUT2D eigenvalue weighted by Crippen LogP contribution is -2.28. The molecule has 1 atom stereocenters. The predicted octanol–water partition coefficient (Wildman–Crippen LogP) is 0.989. The molecule has 0 spiro atoms. The van der Waals surface area contributed by atoms with E-state index >= 15 is 0 Å². The van der Waals surface area contributed by atoms with Gasteiger partial charge in [0.05, 0.1) is 0 Å². The van der Waals surface area contributed by atoms with Gasteiger partial charge in [-0.3, -0.25) is 0 Å². The summed E-state index contributed by atoms with van der Waals surface area (Å²) >= 11 is 1.14. The first-order valence-corrected chi connectivity index (χ1v) is 5.20. The minimum atomic E-state index is -0.985. The quantitative estimate of drug-likeness (QED) is 0.731. The molecule has 0 fully saturated rings. The summed E-state index contributed by atoms with van der Waals surface area (Å²) in [5.41, 5.74) is 0. The van der Waals surface area contributed by atoms with E-state index in [1.807, 2.05) is 6.92 Å². The molecule has 6 heteroatoms. The first kappa shape index (κ1) is 11.5. The molecule has 5 nitrogen and oxygen atoms in total. The maximum atomic E-state index is 10.8. The van der Waals surface area contributed by atoms with Crippen LogP contribution in [0.4, 0.5) is 5.13 Å². The topological polar surface area (TPSA) is 75.1 Å². The number of aliphatic carboxylic acids is 1. The largest absolute Gasteiger partial charge is 0.480 e. The van der Waals surface area contributed by atoms with E-state index in [0.717, 1.165) is 18.0 Å². The Balaban J connectivity index is 2.66. The van der Waals surface area contributed by atoms with E-state index in [2.05, 4.69) is 20.6 Å². The molecule has 1 rings (SSSR count). The van der Waals surface area contributed by atoms with Crippen LogP contribution in [0.2, 0.25) is 0 Å². The zero-order chi connectivity index (χ0) is 11.3. The maximum Gasteiger partial charge on any atom is 0.327 e. The number of nitrogens with zero attached hydrogens (tertiary/aromatic N) is 2. The summed E-state index contributed by atoms with van der Waals surface area (Å²) in [6.45, 7) is 1.93. The van der Waals surface area contributed by atoms with Crippen LogP contribution in [0.1, 0.15) is 19.2 Å². The second kappa shape index (κ2) is 5.32. The Labute approximate surface area is 91.7 Å². The summed E-state index contributed by atoms with van der Waals surface area (Å²) < 4.78 is 4.03. The molecule has 2 N–H and O–H groups in total. The fraction of sp³-hybridized carbons (Fsp3) is 0.444. The van der Waals surface area contributed by atoms with Crippen molar-refractivity contribution in [3.05, 3.63) is 5.82 Å². The normalized spacial score (nSPS) is 11.7. The fourth-order valence-corrected chi connectivity index (χ4v) is 1.63. The van der Waals surface area contributed by atoms with Gasteiger partial charge in [-0.05, 0) is 0 Å². The molecule has 1 aromatic heterocycles. The van der Waals surface area contributed by atoms with Crippen molar-refractivity contribution in [1.82, 2.24) is 9.36 Å². The molecule has 1 aromatic rings. The third-order valence-corrected chi connectivity index (χ3v) is 2.39. The zero-order valence-electron chi connectivity index (χ0n) is 8.23. The highest BCUT2D eigenvalue weighted by molar-refractivity contribution is 7.09. The lowest BCUT2D eigenvalue weighted by atomic mass is 10.2. The van der Waals surface area contributed by atoms with Crippen LogP contribution in [0.15, 0.2) is 0 Å². The molecule has 0 aliphatic carbocycles. The number of terminal acetylenes is 1. The lowest BCUT2D eigenvalue weighted by molar-refractivity contribution is -0.137. The van der Waals surface area contributed by atoms with Crippen molar-refractivity contribution < 1.29 is 9.90 Å².